The molecule has 1 unspecified atom stereocenters. The van der Waals surface area contributed by atoms with E-state index in [1.807, 2.05) is 43.3 Å². The van der Waals surface area contributed by atoms with Crippen LogP contribution in [0.4, 0.5) is 0 Å². The summed E-state index contributed by atoms with van der Waals surface area (Å²) in [6.45, 7) is 3.65. The minimum Gasteiger partial charge on any atom is -0.495 e. The van der Waals surface area contributed by atoms with Crippen LogP contribution in [-0.2, 0) is 10.0 Å². The molecule has 0 fully saturated rings. The average Bonchev–Trinajstić information content (AvgIpc) is 2.91. The fourth-order valence-corrected chi connectivity index (χ4v) is 6.12. The van der Waals surface area contributed by atoms with Crippen molar-refractivity contribution in [3.05, 3.63) is 107 Å². The molecule has 8 heteroatoms. The van der Waals surface area contributed by atoms with E-state index in [0.717, 1.165) is 10.9 Å². The van der Waals surface area contributed by atoms with Gasteiger partial charge in [-0.05, 0) is 55.1 Å². The molecule has 0 aliphatic rings. The summed E-state index contributed by atoms with van der Waals surface area (Å²) in [6.07, 6.45) is 0. The molecule has 5 rings (SSSR count). The predicted octanol–water partition coefficient (Wildman–Crippen LogP) is 5.24. The average molecular weight is 514 g/mol. The molecule has 4 aromatic carbocycles. The Labute approximate surface area is 215 Å². The van der Waals surface area contributed by atoms with Crippen molar-refractivity contribution in [2.24, 2.45) is 0 Å². The number of rotatable bonds is 6. The molecule has 0 aliphatic heterocycles. The Morgan fingerprint density at radius 3 is 2.35 bits per heavy atom. The van der Waals surface area contributed by atoms with Gasteiger partial charge in [-0.25, -0.2) is 13.4 Å². The van der Waals surface area contributed by atoms with E-state index >= 15 is 0 Å². The molecule has 0 saturated heterocycles. The first-order valence-corrected chi connectivity index (χ1v) is 13.3. The molecule has 1 aromatic heterocycles. The molecule has 0 saturated carbocycles. The number of sulfonamides is 1. The van der Waals surface area contributed by atoms with Crippen LogP contribution >= 0.6 is 0 Å². The summed E-state index contributed by atoms with van der Waals surface area (Å²) in [7, 11) is -0.905. The number of ether oxygens (including phenoxy) is 1. The molecule has 1 heterocycles. The first kappa shape index (κ1) is 24.7. The molecular weight excluding hydrogens is 486 g/mol. The summed E-state index contributed by atoms with van der Waals surface area (Å²) in [5, 5.41) is 1.89. The van der Waals surface area contributed by atoms with Gasteiger partial charge in [0.25, 0.3) is 5.56 Å². The number of hydrogen-bond donors (Lipinski definition) is 0. The van der Waals surface area contributed by atoms with Gasteiger partial charge in [-0.2, -0.15) is 4.31 Å². The number of benzene rings is 4. The van der Waals surface area contributed by atoms with Crippen molar-refractivity contribution in [1.82, 2.24) is 13.9 Å². The van der Waals surface area contributed by atoms with Crippen LogP contribution in [0, 0.1) is 6.92 Å². The molecule has 188 valence electrons. The standard InChI is InChI=1S/C29H27N3O4S/c1-19-16-17-26(36-4)25(18-19)32-28(30-24-14-8-7-13-23(24)29(32)33)20(2)31(3)37(34,35)27-15-9-11-21-10-5-6-12-22(21)27/h5-18,20H,1-4H3. The Morgan fingerprint density at radius 2 is 1.59 bits per heavy atom. The lowest BCUT2D eigenvalue weighted by molar-refractivity contribution is 0.376. The van der Waals surface area contributed by atoms with Crippen LogP contribution < -0.4 is 10.3 Å². The molecule has 0 radical (unpaired) electrons. The molecule has 0 spiro atoms. The third-order valence-electron chi connectivity index (χ3n) is 6.70. The molecule has 0 N–H and O–H groups in total. The van der Waals surface area contributed by atoms with Gasteiger partial charge >= 0.3 is 0 Å². The molecule has 1 atom stereocenters. The van der Waals surface area contributed by atoms with Crippen LogP contribution in [0.25, 0.3) is 27.4 Å². The van der Waals surface area contributed by atoms with Gasteiger partial charge in [-0.3, -0.25) is 9.36 Å². The number of fused-ring (bicyclic) bond motifs is 2. The second-order valence-electron chi connectivity index (χ2n) is 8.98. The smallest absolute Gasteiger partial charge is 0.266 e. The molecule has 5 aromatic rings. The van der Waals surface area contributed by atoms with Crippen molar-refractivity contribution in [3.8, 4) is 11.4 Å². The Morgan fingerprint density at radius 1 is 0.919 bits per heavy atom. The maximum Gasteiger partial charge on any atom is 0.266 e. The SMILES string of the molecule is COc1ccc(C)cc1-n1c(C(C)N(C)S(=O)(=O)c2cccc3ccccc23)nc2ccccc2c1=O. The molecule has 0 bridgehead atoms. The normalized spacial score (nSPS) is 12.8. The van der Waals surface area contributed by atoms with E-state index in [-0.39, 0.29) is 10.5 Å². The van der Waals surface area contributed by atoms with Gasteiger partial charge in [0.15, 0.2) is 0 Å². The number of aryl methyl sites for hydroxylation is 1. The van der Waals surface area contributed by atoms with E-state index < -0.39 is 16.1 Å². The van der Waals surface area contributed by atoms with Crippen molar-refractivity contribution in [2.75, 3.05) is 14.2 Å². The third kappa shape index (κ3) is 4.18. The van der Waals surface area contributed by atoms with Crippen LogP contribution in [-0.4, -0.2) is 36.4 Å². The van der Waals surface area contributed by atoms with E-state index in [2.05, 4.69) is 0 Å². The van der Waals surface area contributed by atoms with Crippen molar-refractivity contribution < 1.29 is 13.2 Å². The predicted molar refractivity (Wildman–Crippen MR) is 146 cm³/mol. The second-order valence-corrected chi connectivity index (χ2v) is 10.9. The van der Waals surface area contributed by atoms with E-state index in [0.29, 0.717) is 33.6 Å². The maximum atomic E-state index is 13.9. The Balaban J connectivity index is 1.74. The molecule has 7 nitrogen and oxygen atoms in total. The number of hydrogen-bond acceptors (Lipinski definition) is 5. The molecule has 0 amide bonds. The maximum absolute atomic E-state index is 13.9. The van der Waals surface area contributed by atoms with Gasteiger partial charge in [-0.1, -0.05) is 54.6 Å². The lowest BCUT2D eigenvalue weighted by atomic mass is 10.1. The van der Waals surface area contributed by atoms with Crippen LogP contribution in [0.5, 0.6) is 5.75 Å². The summed E-state index contributed by atoms with van der Waals surface area (Å²) in [6, 6.07) is 24.4. The van der Waals surface area contributed by atoms with Crippen molar-refractivity contribution in [2.45, 2.75) is 24.8 Å². The lowest BCUT2D eigenvalue weighted by Gasteiger charge is -2.27. The molecule has 37 heavy (non-hydrogen) atoms. The van der Waals surface area contributed by atoms with Crippen molar-refractivity contribution in [1.29, 1.82) is 0 Å². The van der Waals surface area contributed by atoms with E-state index in [4.69, 9.17) is 9.72 Å². The van der Waals surface area contributed by atoms with Crippen LogP contribution in [0.2, 0.25) is 0 Å². The van der Waals surface area contributed by atoms with E-state index in [1.165, 1.54) is 23.0 Å². The van der Waals surface area contributed by atoms with Crippen LogP contribution in [0.15, 0.2) is 94.6 Å². The monoisotopic (exact) mass is 513 g/mol. The Bertz CT molecular complexity index is 1810. The number of aromatic nitrogens is 2. The zero-order valence-electron chi connectivity index (χ0n) is 21.0. The lowest BCUT2D eigenvalue weighted by Crippen LogP contribution is -2.35. The highest BCUT2D eigenvalue weighted by Crippen LogP contribution is 2.32. The second kappa shape index (κ2) is 9.46. The first-order valence-electron chi connectivity index (χ1n) is 11.9. The summed E-state index contributed by atoms with van der Waals surface area (Å²) >= 11 is 0. The van der Waals surface area contributed by atoms with Gasteiger partial charge in [0, 0.05) is 12.4 Å². The zero-order chi connectivity index (χ0) is 26.3. The minimum atomic E-state index is -3.96. The van der Waals surface area contributed by atoms with Gasteiger partial charge in [0.05, 0.1) is 34.6 Å². The van der Waals surface area contributed by atoms with Gasteiger partial charge in [-0.15, -0.1) is 0 Å². The molecular formula is C29H27N3O4S. The quantitative estimate of drug-likeness (QED) is 0.310. The minimum absolute atomic E-state index is 0.197. The number of para-hydroxylation sites is 1. The van der Waals surface area contributed by atoms with Gasteiger partial charge in [0.1, 0.15) is 11.6 Å². The van der Waals surface area contributed by atoms with Crippen LogP contribution in [0.1, 0.15) is 24.4 Å². The largest absolute Gasteiger partial charge is 0.495 e. The fourth-order valence-electron chi connectivity index (χ4n) is 4.58. The van der Waals surface area contributed by atoms with E-state index in [9.17, 15) is 13.2 Å². The zero-order valence-corrected chi connectivity index (χ0v) is 21.9. The summed E-state index contributed by atoms with van der Waals surface area (Å²) in [4.78, 5) is 18.9. The fraction of sp³-hybridized carbons (Fsp3) is 0.172. The van der Waals surface area contributed by atoms with Gasteiger partial charge in [0.2, 0.25) is 10.0 Å². The van der Waals surface area contributed by atoms with Crippen LogP contribution in [0.3, 0.4) is 0 Å². The third-order valence-corrected chi connectivity index (χ3v) is 8.69. The highest BCUT2D eigenvalue weighted by Gasteiger charge is 2.31. The summed E-state index contributed by atoms with van der Waals surface area (Å²) < 4.78 is 36.2. The highest BCUT2D eigenvalue weighted by molar-refractivity contribution is 7.89. The van der Waals surface area contributed by atoms with Crippen molar-refractivity contribution in [3.63, 3.8) is 0 Å². The Kier molecular flexibility index (Phi) is 6.31. The molecule has 0 aliphatic carbocycles. The number of nitrogens with zero attached hydrogens (tertiary/aromatic N) is 3. The van der Waals surface area contributed by atoms with Gasteiger partial charge < -0.3 is 4.74 Å². The topological polar surface area (TPSA) is 81.5 Å². The van der Waals surface area contributed by atoms with Crippen molar-refractivity contribution >= 4 is 31.7 Å². The number of methoxy groups -OCH3 is 1. The highest BCUT2D eigenvalue weighted by atomic mass is 32.2. The Hall–Kier alpha value is -4.01. The first-order chi connectivity index (χ1) is 17.7. The summed E-state index contributed by atoms with van der Waals surface area (Å²) in [5.74, 6) is 0.775. The van der Waals surface area contributed by atoms with E-state index in [1.54, 1.807) is 55.5 Å². The summed E-state index contributed by atoms with van der Waals surface area (Å²) in [5.41, 5.74) is 1.62.